The Bertz CT molecular complexity index is 1660. The van der Waals surface area contributed by atoms with Gasteiger partial charge >= 0.3 is 0 Å². The fourth-order valence-corrected chi connectivity index (χ4v) is 6.33. The Morgan fingerprint density at radius 2 is 1.90 bits per heavy atom. The summed E-state index contributed by atoms with van der Waals surface area (Å²) in [5.41, 5.74) is 3.86. The Hall–Kier alpha value is -4.71. The molecule has 1 aromatic carbocycles. The maximum absolute atomic E-state index is 12.4. The van der Waals surface area contributed by atoms with Crippen LogP contribution in [0.3, 0.4) is 0 Å². The third-order valence-corrected chi connectivity index (χ3v) is 8.65. The molecule has 2 aliphatic heterocycles. The predicted molar refractivity (Wildman–Crippen MR) is 166 cm³/mol. The van der Waals surface area contributed by atoms with Gasteiger partial charge in [-0.05, 0) is 47.7 Å². The SMILES string of the molecule is C=CC(=O)Nc1cc(Nc2nc(N3CCc4sccc4C3)c3cccnc3n2)c(OC)cc1N1CCN(C(C)=O)CC1. The second-order valence-corrected chi connectivity index (χ2v) is 11.2. The predicted octanol–water partition coefficient (Wildman–Crippen LogP) is 4.19. The number of nitrogens with one attached hydrogen (secondary N) is 2. The molecule has 12 heteroatoms. The van der Waals surface area contributed by atoms with Gasteiger partial charge in [0.25, 0.3) is 0 Å². The zero-order valence-electron chi connectivity index (χ0n) is 23.6. The van der Waals surface area contributed by atoms with Crippen LogP contribution in [0.2, 0.25) is 0 Å². The van der Waals surface area contributed by atoms with Crippen LogP contribution >= 0.6 is 11.3 Å². The first-order valence-electron chi connectivity index (χ1n) is 13.8. The van der Waals surface area contributed by atoms with Gasteiger partial charge in [-0.15, -0.1) is 11.3 Å². The largest absolute Gasteiger partial charge is 0.494 e. The maximum Gasteiger partial charge on any atom is 0.247 e. The number of anilines is 5. The number of methoxy groups -OCH3 is 1. The van der Waals surface area contributed by atoms with Crippen LogP contribution in [-0.2, 0) is 22.6 Å². The number of carbonyl (C=O) groups excluding carboxylic acids is 2. The lowest BCUT2D eigenvalue weighted by Gasteiger charge is -2.36. The molecule has 0 aliphatic carbocycles. The Morgan fingerprint density at radius 3 is 2.67 bits per heavy atom. The molecule has 6 rings (SSSR count). The zero-order chi connectivity index (χ0) is 29.2. The van der Waals surface area contributed by atoms with Crippen molar-refractivity contribution in [2.24, 2.45) is 0 Å². The molecule has 0 unspecified atom stereocenters. The molecular formula is C30H32N8O3S. The number of hydrogen-bond acceptors (Lipinski definition) is 10. The van der Waals surface area contributed by atoms with E-state index in [1.54, 1.807) is 31.6 Å². The molecule has 4 aromatic rings. The molecule has 0 bridgehead atoms. The number of pyridine rings is 1. The van der Waals surface area contributed by atoms with E-state index in [1.807, 2.05) is 29.2 Å². The lowest BCUT2D eigenvalue weighted by molar-refractivity contribution is -0.129. The van der Waals surface area contributed by atoms with Crippen LogP contribution in [0.15, 0.2) is 54.6 Å². The molecule has 5 heterocycles. The van der Waals surface area contributed by atoms with Gasteiger partial charge in [0.1, 0.15) is 11.6 Å². The van der Waals surface area contributed by atoms with Crippen molar-refractivity contribution < 1.29 is 14.3 Å². The minimum Gasteiger partial charge on any atom is -0.494 e. The lowest BCUT2D eigenvalue weighted by atomic mass is 10.1. The summed E-state index contributed by atoms with van der Waals surface area (Å²) in [6.45, 7) is 9.23. The van der Waals surface area contributed by atoms with Crippen molar-refractivity contribution in [3.8, 4) is 5.75 Å². The van der Waals surface area contributed by atoms with Crippen molar-refractivity contribution in [3.63, 3.8) is 0 Å². The van der Waals surface area contributed by atoms with E-state index < -0.39 is 0 Å². The molecule has 2 aliphatic rings. The Morgan fingerprint density at radius 1 is 1.07 bits per heavy atom. The molecule has 11 nitrogen and oxygen atoms in total. The summed E-state index contributed by atoms with van der Waals surface area (Å²) in [5.74, 6) is 1.46. The van der Waals surface area contributed by atoms with Gasteiger partial charge in [-0.3, -0.25) is 9.59 Å². The van der Waals surface area contributed by atoms with Crippen LogP contribution in [0.25, 0.3) is 11.0 Å². The highest BCUT2D eigenvalue weighted by Gasteiger charge is 2.25. The van der Waals surface area contributed by atoms with E-state index in [0.29, 0.717) is 54.9 Å². The third kappa shape index (κ3) is 5.45. The van der Waals surface area contributed by atoms with Crippen molar-refractivity contribution in [2.75, 3.05) is 60.3 Å². The molecule has 3 aromatic heterocycles. The average Bonchev–Trinajstić information content (AvgIpc) is 3.49. The summed E-state index contributed by atoms with van der Waals surface area (Å²) in [7, 11) is 1.60. The van der Waals surface area contributed by atoms with Gasteiger partial charge in [-0.1, -0.05) is 6.58 Å². The van der Waals surface area contributed by atoms with E-state index in [1.165, 1.54) is 16.5 Å². The molecule has 0 atom stereocenters. The average molecular weight is 585 g/mol. The molecule has 1 saturated heterocycles. The monoisotopic (exact) mass is 584 g/mol. The standard InChI is InChI=1S/C30H32N8O3S/c1-4-27(40)32-22-16-23(25(41-3)17-24(22)37-13-11-36(12-14-37)19(2)39)33-30-34-28-21(6-5-9-31-28)29(35-30)38-10-7-26-20(18-38)8-15-42-26/h4-6,8-9,15-17H,1,7,10-14,18H2,2-3H3,(H,32,40)(H,31,33,34,35). The highest BCUT2D eigenvalue weighted by molar-refractivity contribution is 7.10. The fraction of sp³-hybridized carbons (Fsp3) is 0.300. The summed E-state index contributed by atoms with van der Waals surface area (Å²) in [6, 6.07) is 9.77. The van der Waals surface area contributed by atoms with E-state index in [4.69, 9.17) is 14.7 Å². The summed E-state index contributed by atoms with van der Waals surface area (Å²) >= 11 is 1.80. The number of piperazine rings is 1. The van der Waals surface area contributed by atoms with Crippen LogP contribution < -0.4 is 25.2 Å². The van der Waals surface area contributed by atoms with Gasteiger partial charge in [-0.25, -0.2) is 4.98 Å². The van der Waals surface area contributed by atoms with Gasteiger partial charge in [0, 0.05) is 63.3 Å². The van der Waals surface area contributed by atoms with E-state index in [0.717, 1.165) is 36.4 Å². The zero-order valence-corrected chi connectivity index (χ0v) is 24.4. The van der Waals surface area contributed by atoms with Gasteiger partial charge in [0.2, 0.25) is 17.8 Å². The quantitative estimate of drug-likeness (QED) is 0.309. The van der Waals surface area contributed by atoms with Crippen LogP contribution in [0.4, 0.5) is 28.8 Å². The molecule has 1 fully saturated rings. The normalized spacial score (nSPS) is 14.9. The Labute approximate surface area is 247 Å². The van der Waals surface area contributed by atoms with Gasteiger partial charge in [0.15, 0.2) is 5.65 Å². The number of hydrogen-bond donors (Lipinski definition) is 2. The maximum atomic E-state index is 12.4. The number of nitrogens with zero attached hydrogens (tertiary/aromatic N) is 6. The minimum atomic E-state index is -0.332. The van der Waals surface area contributed by atoms with Gasteiger partial charge in [0.05, 0.1) is 29.6 Å². The summed E-state index contributed by atoms with van der Waals surface area (Å²) in [6.07, 6.45) is 3.92. The van der Waals surface area contributed by atoms with Crippen molar-refractivity contribution in [2.45, 2.75) is 19.9 Å². The first kappa shape index (κ1) is 27.5. The topological polar surface area (TPSA) is 116 Å². The first-order valence-corrected chi connectivity index (χ1v) is 14.7. The number of benzene rings is 1. The van der Waals surface area contributed by atoms with Crippen molar-refractivity contribution >= 4 is 63.0 Å². The van der Waals surface area contributed by atoms with E-state index in [9.17, 15) is 9.59 Å². The van der Waals surface area contributed by atoms with E-state index in [2.05, 4.69) is 43.4 Å². The molecule has 0 radical (unpaired) electrons. The second-order valence-electron chi connectivity index (χ2n) is 10.2. The number of ether oxygens (including phenoxy) is 1. The van der Waals surface area contributed by atoms with E-state index >= 15 is 0 Å². The van der Waals surface area contributed by atoms with Crippen LogP contribution in [0, 0.1) is 0 Å². The number of fused-ring (bicyclic) bond motifs is 2. The number of rotatable bonds is 7. The molecule has 2 N–H and O–H groups in total. The Balaban J connectivity index is 1.36. The van der Waals surface area contributed by atoms with Gasteiger partial charge in [-0.2, -0.15) is 9.97 Å². The summed E-state index contributed by atoms with van der Waals surface area (Å²) in [4.78, 5) is 46.1. The first-order chi connectivity index (χ1) is 20.4. The third-order valence-electron chi connectivity index (χ3n) is 7.63. The molecule has 2 amide bonds. The molecule has 0 saturated carbocycles. The smallest absolute Gasteiger partial charge is 0.247 e. The van der Waals surface area contributed by atoms with Crippen molar-refractivity contribution in [3.05, 3.63) is 65.0 Å². The number of carbonyl (C=O) groups is 2. The van der Waals surface area contributed by atoms with Gasteiger partial charge < -0.3 is 30.1 Å². The van der Waals surface area contributed by atoms with Crippen molar-refractivity contribution in [1.82, 2.24) is 19.9 Å². The second kappa shape index (κ2) is 11.6. The van der Waals surface area contributed by atoms with Crippen LogP contribution in [0.5, 0.6) is 5.75 Å². The summed E-state index contributed by atoms with van der Waals surface area (Å²) in [5, 5.41) is 9.29. The van der Waals surface area contributed by atoms with Crippen LogP contribution in [0.1, 0.15) is 17.4 Å². The molecule has 42 heavy (non-hydrogen) atoms. The fourth-order valence-electron chi connectivity index (χ4n) is 5.44. The highest BCUT2D eigenvalue weighted by atomic mass is 32.1. The summed E-state index contributed by atoms with van der Waals surface area (Å²) < 4.78 is 5.79. The number of aromatic nitrogens is 3. The Kier molecular flexibility index (Phi) is 7.62. The molecular weight excluding hydrogens is 552 g/mol. The number of thiophene rings is 1. The van der Waals surface area contributed by atoms with Crippen LogP contribution in [-0.4, -0.2) is 71.5 Å². The minimum absolute atomic E-state index is 0.0523. The molecule has 216 valence electrons. The number of amides is 2. The van der Waals surface area contributed by atoms with Crippen molar-refractivity contribution in [1.29, 1.82) is 0 Å². The highest BCUT2D eigenvalue weighted by Crippen LogP contribution is 2.39. The lowest BCUT2D eigenvalue weighted by Crippen LogP contribution is -2.48. The van der Waals surface area contributed by atoms with E-state index in [-0.39, 0.29) is 11.8 Å². The molecule has 0 spiro atoms.